The number of benzene rings is 3. The van der Waals surface area contributed by atoms with Crippen LogP contribution in [0.5, 0.6) is 0 Å². The molecule has 33 heavy (non-hydrogen) atoms. The van der Waals surface area contributed by atoms with E-state index in [0.717, 1.165) is 11.1 Å². The van der Waals surface area contributed by atoms with E-state index in [0.29, 0.717) is 29.4 Å². The molecule has 5 nitrogen and oxygen atoms in total. The summed E-state index contributed by atoms with van der Waals surface area (Å²) in [5.41, 5.74) is 3.03. The highest BCUT2D eigenvalue weighted by Gasteiger charge is 2.19. The number of carbonyl (C=O) groups excluding carboxylic acids is 2. The maximum absolute atomic E-state index is 13.2. The first kappa shape index (κ1) is 22.4. The second kappa shape index (κ2) is 10.7. The van der Waals surface area contributed by atoms with Crippen molar-refractivity contribution in [1.82, 2.24) is 9.88 Å². The number of nitrogens with one attached hydrogen (secondary N) is 1. The molecule has 0 aliphatic heterocycles. The van der Waals surface area contributed by atoms with Gasteiger partial charge in [0.05, 0.1) is 5.69 Å². The van der Waals surface area contributed by atoms with E-state index in [1.807, 2.05) is 36.4 Å². The van der Waals surface area contributed by atoms with E-state index < -0.39 is 0 Å². The molecule has 4 aromatic rings. The van der Waals surface area contributed by atoms with Gasteiger partial charge in [-0.2, -0.15) is 0 Å². The number of anilines is 1. The molecule has 0 saturated heterocycles. The first-order valence-electron chi connectivity index (χ1n) is 10.5. The maximum Gasteiger partial charge on any atom is 0.254 e. The predicted molar refractivity (Wildman–Crippen MR) is 129 cm³/mol. The van der Waals surface area contributed by atoms with Crippen LogP contribution in [0.25, 0.3) is 11.3 Å². The van der Waals surface area contributed by atoms with Crippen LogP contribution in [0.2, 0.25) is 0 Å². The Morgan fingerprint density at radius 2 is 1.58 bits per heavy atom. The lowest BCUT2D eigenvalue weighted by molar-refractivity contribution is -0.116. The lowest BCUT2D eigenvalue weighted by Crippen LogP contribution is -2.39. The van der Waals surface area contributed by atoms with Crippen molar-refractivity contribution >= 4 is 28.3 Å². The molecular weight excluding hydrogens is 437 g/mol. The minimum Gasteiger partial charge on any atom is -0.329 e. The van der Waals surface area contributed by atoms with Gasteiger partial charge in [0, 0.05) is 23.1 Å². The average Bonchev–Trinajstić information content (AvgIpc) is 3.31. The van der Waals surface area contributed by atoms with Crippen LogP contribution in [0, 0.1) is 5.82 Å². The van der Waals surface area contributed by atoms with Crippen molar-refractivity contribution in [3.8, 4) is 11.3 Å². The molecule has 1 heterocycles. The van der Waals surface area contributed by atoms with E-state index in [-0.39, 0.29) is 24.2 Å². The Morgan fingerprint density at radius 3 is 2.27 bits per heavy atom. The number of carbonyl (C=O) groups is 2. The van der Waals surface area contributed by atoms with Crippen molar-refractivity contribution in [3.63, 3.8) is 0 Å². The number of aromatic nitrogens is 1. The summed E-state index contributed by atoms with van der Waals surface area (Å²) in [6.45, 7) is 0.315. The van der Waals surface area contributed by atoms with E-state index in [1.165, 1.54) is 23.5 Å². The highest BCUT2D eigenvalue weighted by atomic mass is 32.1. The van der Waals surface area contributed by atoms with Crippen LogP contribution in [0.4, 0.5) is 9.52 Å². The molecule has 0 atom stereocenters. The van der Waals surface area contributed by atoms with E-state index in [9.17, 15) is 14.0 Å². The number of hydrogen-bond donors (Lipinski definition) is 1. The fourth-order valence-corrected chi connectivity index (χ4v) is 4.08. The molecule has 4 rings (SSSR count). The van der Waals surface area contributed by atoms with Crippen molar-refractivity contribution in [2.75, 3.05) is 18.4 Å². The maximum atomic E-state index is 13.2. The smallest absolute Gasteiger partial charge is 0.254 e. The number of amides is 2. The topological polar surface area (TPSA) is 62.3 Å². The van der Waals surface area contributed by atoms with Crippen molar-refractivity contribution < 1.29 is 14.0 Å². The third-order valence-corrected chi connectivity index (χ3v) is 5.80. The number of rotatable bonds is 8. The van der Waals surface area contributed by atoms with Gasteiger partial charge < -0.3 is 10.2 Å². The van der Waals surface area contributed by atoms with E-state index in [1.54, 1.807) is 46.7 Å². The largest absolute Gasteiger partial charge is 0.329 e. The van der Waals surface area contributed by atoms with Crippen LogP contribution >= 0.6 is 11.3 Å². The Labute approximate surface area is 195 Å². The third kappa shape index (κ3) is 6.11. The fraction of sp³-hybridized carbons (Fsp3) is 0.115. The van der Waals surface area contributed by atoms with E-state index >= 15 is 0 Å². The summed E-state index contributed by atoms with van der Waals surface area (Å²) >= 11 is 1.28. The molecule has 0 spiro atoms. The van der Waals surface area contributed by atoms with Crippen LogP contribution in [-0.4, -0.2) is 34.8 Å². The van der Waals surface area contributed by atoms with Crippen LogP contribution < -0.4 is 5.32 Å². The van der Waals surface area contributed by atoms with Gasteiger partial charge in [0.1, 0.15) is 12.4 Å². The monoisotopic (exact) mass is 459 g/mol. The molecule has 166 valence electrons. The van der Waals surface area contributed by atoms with Crippen molar-refractivity contribution in [2.45, 2.75) is 6.42 Å². The number of halogens is 1. The van der Waals surface area contributed by atoms with Gasteiger partial charge in [-0.05, 0) is 48.4 Å². The van der Waals surface area contributed by atoms with Gasteiger partial charge in [-0.15, -0.1) is 11.3 Å². The summed E-state index contributed by atoms with van der Waals surface area (Å²) in [5.74, 6) is -0.846. The van der Waals surface area contributed by atoms with Crippen LogP contribution in [0.15, 0.2) is 90.3 Å². The fourth-order valence-electron chi connectivity index (χ4n) is 3.34. The molecule has 0 aliphatic rings. The Hall–Kier alpha value is -3.84. The predicted octanol–water partition coefficient (Wildman–Crippen LogP) is 5.27. The van der Waals surface area contributed by atoms with Gasteiger partial charge in [0.2, 0.25) is 5.91 Å². The summed E-state index contributed by atoms with van der Waals surface area (Å²) in [5, 5.41) is 5.00. The Morgan fingerprint density at radius 1 is 0.909 bits per heavy atom. The molecule has 1 N–H and O–H groups in total. The molecule has 0 saturated carbocycles. The van der Waals surface area contributed by atoms with Gasteiger partial charge in [0.15, 0.2) is 5.13 Å². The molecule has 1 aromatic heterocycles. The zero-order valence-corrected chi connectivity index (χ0v) is 18.6. The van der Waals surface area contributed by atoms with Crippen molar-refractivity contribution in [2.24, 2.45) is 0 Å². The van der Waals surface area contributed by atoms with Gasteiger partial charge in [0.25, 0.3) is 5.91 Å². The normalized spacial score (nSPS) is 10.6. The first-order chi connectivity index (χ1) is 16.1. The second-order valence-electron chi connectivity index (χ2n) is 7.42. The van der Waals surface area contributed by atoms with E-state index in [4.69, 9.17) is 0 Å². The highest BCUT2D eigenvalue weighted by Crippen LogP contribution is 2.25. The first-order valence-corrected chi connectivity index (χ1v) is 11.4. The lowest BCUT2D eigenvalue weighted by Gasteiger charge is -2.22. The molecule has 0 aliphatic carbocycles. The molecule has 0 fully saturated rings. The molecule has 0 bridgehead atoms. The van der Waals surface area contributed by atoms with Gasteiger partial charge in [-0.1, -0.05) is 48.5 Å². The number of thiazole rings is 1. The van der Waals surface area contributed by atoms with Crippen molar-refractivity contribution in [3.05, 3.63) is 107 Å². The minimum absolute atomic E-state index is 0.0912. The summed E-state index contributed by atoms with van der Waals surface area (Å²) in [6.07, 6.45) is 0.638. The van der Waals surface area contributed by atoms with Crippen LogP contribution in [0.3, 0.4) is 0 Å². The molecule has 3 aromatic carbocycles. The summed E-state index contributed by atoms with van der Waals surface area (Å²) < 4.78 is 13.2. The minimum atomic E-state index is -0.327. The van der Waals surface area contributed by atoms with Crippen LogP contribution in [-0.2, 0) is 11.2 Å². The molecule has 0 radical (unpaired) electrons. The number of nitrogens with zero attached hydrogens (tertiary/aromatic N) is 2. The zero-order valence-electron chi connectivity index (χ0n) is 17.8. The third-order valence-electron chi connectivity index (χ3n) is 5.05. The van der Waals surface area contributed by atoms with E-state index in [2.05, 4.69) is 10.3 Å². The standard InChI is InChI=1S/C26H22FN3O2S/c27-22-13-11-20(12-14-22)23-18-33-26(28-23)29-24(31)17-30(16-15-19-7-3-1-4-8-19)25(32)21-9-5-2-6-10-21/h1-14,18H,15-17H2,(H,28,29,31). The average molecular weight is 460 g/mol. The highest BCUT2D eigenvalue weighted by molar-refractivity contribution is 7.14. The quantitative estimate of drug-likeness (QED) is 0.390. The molecule has 7 heteroatoms. The lowest BCUT2D eigenvalue weighted by atomic mass is 10.1. The summed E-state index contributed by atoms with van der Waals surface area (Å²) in [4.78, 5) is 31.8. The molecular formula is C26H22FN3O2S. The van der Waals surface area contributed by atoms with Crippen molar-refractivity contribution in [1.29, 1.82) is 0 Å². The van der Waals surface area contributed by atoms with Crippen LogP contribution in [0.1, 0.15) is 15.9 Å². The summed E-state index contributed by atoms with van der Waals surface area (Å²) in [6, 6.07) is 24.8. The van der Waals surface area contributed by atoms with Gasteiger partial charge in [-0.25, -0.2) is 9.37 Å². The zero-order chi connectivity index (χ0) is 23.0. The van der Waals surface area contributed by atoms with Gasteiger partial charge in [-0.3, -0.25) is 9.59 Å². The number of hydrogen-bond acceptors (Lipinski definition) is 4. The Bertz CT molecular complexity index is 1210. The SMILES string of the molecule is O=C(CN(CCc1ccccc1)C(=O)c1ccccc1)Nc1nc(-c2ccc(F)cc2)cs1. The van der Waals surface area contributed by atoms with Gasteiger partial charge >= 0.3 is 0 Å². The Balaban J connectivity index is 1.44. The summed E-state index contributed by atoms with van der Waals surface area (Å²) in [7, 11) is 0. The Kier molecular flexibility index (Phi) is 7.22. The molecule has 0 unspecified atom stereocenters. The molecule has 2 amide bonds. The second-order valence-corrected chi connectivity index (χ2v) is 8.28.